The van der Waals surface area contributed by atoms with Gasteiger partial charge < -0.3 is 19.9 Å². The number of nitrogens with one attached hydrogen (secondary N) is 1. The molecule has 1 N–H and O–H groups in total. The standard InChI is InChI=1S/C24H31FN8O4/c25-20-12-18(32-15-19(14-26-16-34)37-24(32)36)4-5-21(20)30-10-6-17(7-11-30)33-28-22(27-29-33)13-23(35)31-8-2-1-3-9-31/h4-5,12,16-17,19H,1-3,6-11,13-15H2,(H,26,34). The molecule has 0 aliphatic carbocycles. The van der Waals surface area contributed by atoms with Gasteiger partial charge in [-0.05, 0) is 55.5 Å². The summed E-state index contributed by atoms with van der Waals surface area (Å²) in [6.07, 6.45) is 4.33. The molecule has 1 atom stereocenters. The minimum Gasteiger partial charge on any atom is -0.442 e. The van der Waals surface area contributed by atoms with Gasteiger partial charge >= 0.3 is 6.09 Å². The Bertz CT molecular complexity index is 1130. The Morgan fingerprint density at radius 3 is 2.68 bits per heavy atom. The quantitative estimate of drug-likeness (QED) is 0.522. The van der Waals surface area contributed by atoms with Crippen molar-refractivity contribution in [3.8, 4) is 0 Å². The molecule has 0 saturated carbocycles. The number of halogens is 1. The van der Waals surface area contributed by atoms with Gasteiger partial charge in [0.1, 0.15) is 11.9 Å². The number of ether oxygens (including phenoxy) is 1. The maximum absolute atomic E-state index is 15.1. The van der Waals surface area contributed by atoms with E-state index in [0.29, 0.717) is 49.5 Å². The Hall–Kier alpha value is -3.77. The van der Waals surface area contributed by atoms with E-state index in [-0.39, 0.29) is 31.5 Å². The van der Waals surface area contributed by atoms with Gasteiger partial charge in [0.05, 0.1) is 36.9 Å². The van der Waals surface area contributed by atoms with Crippen LogP contribution in [0.15, 0.2) is 18.2 Å². The lowest BCUT2D eigenvalue weighted by atomic mass is 10.0. The van der Waals surface area contributed by atoms with Crippen LogP contribution < -0.4 is 15.1 Å². The first-order valence-electron chi connectivity index (χ1n) is 12.8. The first kappa shape index (κ1) is 24.9. The Kier molecular flexibility index (Phi) is 7.47. The highest BCUT2D eigenvalue weighted by Crippen LogP contribution is 2.31. The van der Waals surface area contributed by atoms with E-state index in [4.69, 9.17) is 4.74 Å². The number of nitrogens with zero attached hydrogens (tertiary/aromatic N) is 7. The van der Waals surface area contributed by atoms with Crippen molar-refractivity contribution in [3.63, 3.8) is 0 Å². The molecule has 3 fully saturated rings. The van der Waals surface area contributed by atoms with Crippen LogP contribution in [0.5, 0.6) is 0 Å². The zero-order valence-electron chi connectivity index (χ0n) is 20.6. The largest absolute Gasteiger partial charge is 0.442 e. The Morgan fingerprint density at radius 2 is 1.95 bits per heavy atom. The third-order valence-corrected chi connectivity index (χ3v) is 7.17. The van der Waals surface area contributed by atoms with Crippen LogP contribution in [0.3, 0.4) is 0 Å². The van der Waals surface area contributed by atoms with E-state index in [0.717, 1.165) is 25.9 Å². The number of carbonyl (C=O) groups is 3. The highest BCUT2D eigenvalue weighted by atomic mass is 19.1. The van der Waals surface area contributed by atoms with Crippen LogP contribution >= 0.6 is 0 Å². The normalized spacial score (nSPS) is 20.7. The van der Waals surface area contributed by atoms with Crippen LogP contribution in [0, 0.1) is 5.82 Å². The van der Waals surface area contributed by atoms with Gasteiger partial charge in [-0.15, -0.1) is 10.2 Å². The summed E-state index contributed by atoms with van der Waals surface area (Å²) >= 11 is 0. The molecule has 1 unspecified atom stereocenters. The highest BCUT2D eigenvalue weighted by molar-refractivity contribution is 5.90. The predicted octanol–water partition coefficient (Wildman–Crippen LogP) is 1.28. The molecule has 3 aliphatic rings. The number of cyclic esters (lactones) is 1. The number of hydrogen-bond acceptors (Lipinski definition) is 8. The average molecular weight is 515 g/mol. The van der Waals surface area contributed by atoms with Gasteiger partial charge in [0, 0.05) is 26.2 Å². The second-order valence-electron chi connectivity index (χ2n) is 9.64. The number of benzene rings is 1. The SMILES string of the molecule is O=CNCC1CN(c2ccc(N3CCC(n4nnc(CC(=O)N5CCCCC5)n4)CC3)c(F)c2)C(=O)O1. The molecule has 13 heteroatoms. The minimum atomic E-state index is -0.567. The second-order valence-corrected chi connectivity index (χ2v) is 9.64. The van der Waals surface area contributed by atoms with Crippen molar-refractivity contribution in [2.75, 3.05) is 49.1 Å². The van der Waals surface area contributed by atoms with Crippen molar-refractivity contribution < 1.29 is 23.5 Å². The van der Waals surface area contributed by atoms with Crippen LogP contribution in [0.2, 0.25) is 0 Å². The van der Waals surface area contributed by atoms with Gasteiger partial charge in [0.2, 0.25) is 12.3 Å². The fourth-order valence-corrected chi connectivity index (χ4v) is 5.15. The lowest BCUT2D eigenvalue weighted by molar-refractivity contribution is -0.131. The topological polar surface area (TPSA) is 126 Å². The molecule has 12 nitrogen and oxygen atoms in total. The van der Waals surface area contributed by atoms with Gasteiger partial charge in [-0.1, -0.05) is 0 Å². The van der Waals surface area contributed by atoms with Crippen LogP contribution in [-0.4, -0.2) is 88.9 Å². The molecule has 0 radical (unpaired) electrons. The lowest BCUT2D eigenvalue weighted by Gasteiger charge is -2.33. The Labute approximate surface area is 213 Å². The number of aromatic nitrogens is 4. The Morgan fingerprint density at radius 1 is 1.16 bits per heavy atom. The summed E-state index contributed by atoms with van der Waals surface area (Å²) in [7, 11) is 0. The molecular weight excluding hydrogens is 483 g/mol. The third kappa shape index (κ3) is 5.65. The Balaban J connectivity index is 1.15. The third-order valence-electron chi connectivity index (χ3n) is 7.17. The summed E-state index contributed by atoms with van der Waals surface area (Å²) in [5.74, 6) is 0.0585. The zero-order valence-corrected chi connectivity index (χ0v) is 20.6. The summed E-state index contributed by atoms with van der Waals surface area (Å²) in [6.45, 7) is 3.25. The molecular formula is C24H31FN8O4. The van der Waals surface area contributed by atoms with Crippen molar-refractivity contribution in [3.05, 3.63) is 29.8 Å². The van der Waals surface area contributed by atoms with Crippen molar-refractivity contribution in [2.24, 2.45) is 0 Å². The number of likely N-dealkylation sites (tertiary alicyclic amines) is 1. The van der Waals surface area contributed by atoms with Gasteiger partial charge in [0.25, 0.3) is 0 Å². The maximum Gasteiger partial charge on any atom is 0.414 e. The van der Waals surface area contributed by atoms with Crippen molar-refractivity contribution in [2.45, 2.75) is 50.7 Å². The fraction of sp³-hybridized carbons (Fsp3) is 0.583. The van der Waals surface area contributed by atoms with Gasteiger partial charge in [-0.2, -0.15) is 4.80 Å². The van der Waals surface area contributed by atoms with Gasteiger partial charge in [-0.3, -0.25) is 14.5 Å². The van der Waals surface area contributed by atoms with Crippen molar-refractivity contribution >= 4 is 29.8 Å². The van der Waals surface area contributed by atoms with Crippen LogP contribution in [-0.2, 0) is 20.7 Å². The van der Waals surface area contributed by atoms with E-state index >= 15 is 4.39 Å². The van der Waals surface area contributed by atoms with Crippen molar-refractivity contribution in [1.82, 2.24) is 30.4 Å². The predicted molar refractivity (Wildman–Crippen MR) is 131 cm³/mol. The molecule has 1 aromatic carbocycles. The molecule has 3 aliphatic heterocycles. The van der Waals surface area contributed by atoms with Crippen LogP contribution in [0.25, 0.3) is 0 Å². The molecule has 3 amide bonds. The second kappa shape index (κ2) is 11.1. The maximum atomic E-state index is 15.1. The number of amides is 3. The fourth-order valence-electron chi connectivity index (χ4n) is 5.15. The smallest absolute Gasteiger partial charge is 0.414 e. The molecule has 2 aromatic rings. The lowest BCUT2D eigenvalue weighted by Crippen LogP contribution is -2.37. The number of rotatable bonds is 8. The van der Waals surface area contributed by atoms with E-state index < -0.39 is 18.0 Å². The highest BCUT2D eigenvalue weighted by Gasteiger charge is 2.33. The molecule has 3 saturated heterocycles. The van der Waals surface area contributed by atoms with E-state index in [1.165, 1.54) is 17.4 Å². The summed E-state index contributed by atoms with van der Waals surface area (Å²) in [4.78, 5) is 41.9. The zero-order chi connectivity index (χ0) is 25.8. The van der Waals surface area contributed by atoms with Gasteiger partial charge in [-0.25, -0.2) is 9.18 Å². The molecule has 0 spiro atoms. The van der Waals surface area contributed by atoms with E-state index in [2.05, 4.69) is 20.7 Å². The van der Waals surface area contributed by atoms with Crippen LogP contribution in [0.1, 0.15) is 44.0 Å². The number of anilines is 2. The number of hydrogen-bond donors (Lipinski definition) is 1. The molecule has 37 heavy (non-hydrogen) atoms. The molecule has 0 bridgehead atoms. The summed E-state index contributed by atoms with van der Waals surface area (Å²) in [5, 5.41) is 15.2. The van der Waals surface area contributed by atoms with Gasteiger partial charge in [0.15, 0.2) is 5.82 Å². The number of piperidine rings is 2. The number of carbonyl (C=O) groups excluding carboxylic acids is 3. The molecule has 5 rings (SSSR count). The monoisotopic (exact) mass is 514 g/mol. The summed E-state index contributed by atoms with van der Waals surface area (Å²) in [6, 6.07) is 4.74. The van der Waals surface area contributed by atoms with E-state index in [9.17, 15) is 14.4 Å². The first-order chi connectivity index (χ1) is 18.0. The minimum absolute atomic E-state index is 0.0289. The summed E-state index contributed by atoms with van der Waals surface area (Å²) in [5.41, 5.74) is 0.876. The van der Waals surface area contributed by atoms with E-state index in [1.807, 2.05) is 9.80 Å². The molecule has 198 valence electrons. The summed E-state index contributed by atoms with van der Waals surface area (Å²) < 4.78 is 20.3. The van der Waals surface area contributed by atoms with Crippen molar-refractivity contribution in [1.29, 1.82) is 0 Å². The average Bonchev–Trinajstić information content (AvgIpc) is 3.54. The number of tetrazole rings is 1. The van der Waals surface area contributed by atoms with Crippen LogP contribution in [0.4, 0.5) is 20.6 Å². The first-order valence-corrected chi connectivity index (χ1v) is 12.8. The molecule has 1 aromatic heterocycles. The van der Waals surface area contributed by atoms with E-state index in [1.54, 1.807) is 16.9 Å². The molecule has 4 heterocycles.